The molecule has 18 heavy (non-hydrogen) atoms. The van der Waals surface area contributed by atoms with Gasteiger partial charge in [0, 0.05) is 12.6 Å². The minimum atomic E-state index is -3.44. The van der Waals surface area contributed by atoms with Gasteiger partial charge in [-0.2, -0.15) is 17.9 Å². The average Bonchev–Trinajstić information content (AvgIpc) is 3.04. The first-order valence-corrected chi connectivity index (χ1v) is 8.17. The van der Waals surface area contributed by atoms with Gasteiger partial charge in [-0.1, -0.05) is 13.8 Å². The van der Waals surface area contributed by atoms with Gasteiger partial charge in [-0.3, -0.25) is 0 Å². The first-order chi connectivity index (χ1) is 8.20. The summed E-state index contributed by atoms with van der Waals surface area (Å²) < 4.78 is 28.4. The maximum absolute atomic E-state index is 11.7. The Labute approximate surface area is 110 Å². The molecule has 0 aromatic carbocycles. The van der Waals surface area contributed by atoms with E-state index in [-0.39, 0.29) is 18.0 Å². The summed E-state index contributed by atoms with van der Waals surface area (Å²) >= 11 is 0. The van der Waals surface area contributed by atoms with E-state index < -0.39 is 15.8 Å². The fourth-order valence-corrected chi connectivity index (χ4v) is 3.48. The van der Waals surface area contributed by atoms with Crippen molar-refractivity contribution in [3.8, 4) is 0 Å². The fraction of sp³-hybridized carbons (Fsp3) is 1.00. The Morgan fingerprint density at radius 1 is 1.17 bits per heavy atom. The second kappa shape index (κ2) is 4.74. The topological polar surface area (TPSA) is 78.4 Å². The van der Waals surface area contributed by atoms with E-state index in [9.17, 15) is 13.5 Å². The van der Waals surface area contributed by atoms with Crippen molar-refractivity contribution in [3.05, 3.63) is 0 Å². The molecule has 2 rings (SSSR count). The summed E-state index contributed by atoms with van der Waals surface area (Å²) in [5, 5.41) is 10.4. The van der Waals surface area contributed by atoms with Gasteiger partial charge in [-0.05, 0) is 43.9 Å². The first kappa shape index (κ1) is 14.2. The molecule has 0 atom stereocenters. The molecule has 3 N–H and O–H groups in total. The molecule has 0 aromatic heterocycles. The second-order valence-electron chi connectivity index (χ2n) is 6.61. The number of nitrogens with one attached hydrogen (secondary N) is 2. The van der Waals surface area contributed by atoms with Crippen LogP contribution in [0.5, 0.6) is 0 Å². The van der Waals surface area contributed by atoms with Crippen molar-refractivity contribution in [3.63, 3.8) is 0 Å². The van der Waals surface area contributed by atoms with E-state index in [2.05, 4.69) is 23.3 Å². The average molecular weight is 276 g/mol. The van der Waals surface area contributed by atoms with Gasteiger partial charge in [0.15, 0.2) is 0 Å². The molecule has 6 heteroatoms. The van der Waals surface area contributed by atoms with Crippen molar-refractivity contribution in [2.45, 2.75) is 64.0 Å². The highest BCUT2D eigenvalue weighted by Gasteiger charge is 2.37. The van der Waals surface area contributed by atoms with Gasteiger partial charge in [-0.15, -0.1) is 0 Å². The van der Waals surface area contributed by atoms with Crippen molar-refractivity contribution < 1.29 is 13.5 Å². The summed E-state index contributed by atoms with van der Waals surface area (Å²) in [7, 11) is -3.44. The standard InChI is InChI=1S/C12H24N2O3S/c1-11(2)5-7-12(15,8-6-11)9-13-18(16,17)14-10-3-4-10/h10,13-15H,3-9H2,1-2H3. The van der Waals surface area contributed by atoms with Crippen LogP contribution < -0.4 is 9.44 Å². The molecule has 0 unspecified atom stereocenters. The van der Waals surface area contributed by atoms with Gasteiger partial charge >= 0.3 is 0 Å². The maximum atomic E-state index is 11.7. The van der Waals surface area contributed by atoms with Gasteiger partial charge in [0.2, 0.25) is 0 Å². The first-order valence-electron chi connectivity index (χ1n) is 6.69. The highest BCUT2D eigenvalue weighted by Crippen LogP contribution is 2.39. The molecular weight excluding hydrogens is 252 g/mol. The molecule has 0 aromatic rings. The van der Waals surface area contributed by atoms with E-state index in [4.69, 9.17) is 0 Å². The largest absolute Gasteiger partial charge is 0.389 e. The molecule has 2 fully saturated rings. The molecular formula is C12H24N2O3S. The lowest BCUT2D eigenvalue weighted by molar-refractivity contribution is -0.0206. The van der Waals surface area contributed by atoms with Gasteiger partial charge < -0.3 is 5.11 Å². The van der Waals surface area contributed by atoms with Crippen LogP contribution in [0.2, 0.25) is 0 Å². The van der Waals surface area contributed by atoms with Crippen LogP contribution in [-0.4, -0.2) is 31.7 Å². The molecule has 2 saturated carbocycles. The lowest BCUT2D eigenvalue weighted by atomic mass is 9.71. The van der Waals surface area contributed by atoms with Gasteiger partial charge in [0.1, 0.15) is 0 Å². The Kier molecular flexibility index (Phi) is 3.75. The van der Waals surface area contributed by atoms with Crippen LogP contribution in [0.4, 0.5) is 0 Å². The Morgan fingerprint density at radius 3 is 2.22 bits per heavy atom. The van der Waals surface area contributed by atoms with Crippen LogP contribution in [-0.2, 0) is 10.2 Å². The normalized spacial score (nSPS) is 27.1. The predicted octanol–water partition coefficient (Wildman–Crippen LogP) is 0.904. The lowest BCUT2D eigenvalue weighted by Crippen LogP contribution is -2.49. The smallest absolute Gasteiger partial charge is 0.277 e. The zero-order valence-electron chi connectivity index (χ0n) is 11.2. The third-order valence-corrected chi connectivity index (χ3v) is 5.19. The van der Waals surface area contributed by atoms with Crippen LogP contribution in [0.15, 0.2) is 0 Å². The maximum Gasteiger partial charge on any atom is 0.277 e. The van der Waals surface area contributed by atoms with Crippen molar-refractivity contribution in [1.82, 2.24) is 9.44 Å². The van der Waals surface area contributed by atoms with E-state index in [1.54, 1.807) is 0 Å². The minimum absolute atomic E-state index is 0.0995. The molecule has 0 saturated heterocycles. The molecule has 0 bridgehead atoms. The Morgan fingerprint density at radius 2 is 1.72 bits per heavy atom. The number of rotatable bonds is 5. The third kappa shape index (κ3) is 4.19. The lowest BCUT2D eigenvalue weighted by Gasteiger charge is -2.40. The summed E-state index contributed by atoms with van der Waals surface area (Å²) in [6, 6.07) is 0.0995. The van der Waals surface area contributed by atoms with Crippen LogP contribution >= 0.6 is 0 Å². The SMILES string of the molecule is CC1(C)CCC(O)(CNS(=O)(=O)NC2CC2)CC1. The highest BCUT2D eigenvalue weighted by molar-refractivity contribution is 7.87. The van der Waals surface area contributed by atoms with E-state index in [1.807, 2.05) is 0 Å². The van der Waals surface area contributed by atoms with E-state index in [1.165, 1.54) is 0 Å². The molecule has 5 nitrogen and oxygen atoms in total. The Hall–Kier alpha value is -0.170. The molecule has 2 aliphatic carbocycles. The van der Waals surface area contributed by atoms with Gasteiger partial charge in [0.25, 0.3) is 10.2 Å². The van der Waals surface area contributed by atoms with Crippen LogP contribution in [0.1, 0.15) is 52.4 Å². The third-order valence-electron chi connectivity index (χ3n) is 4.02. The zero-order valence-corrected chi connectivity index (χ0v) is 12.0. The Bertz CT molecular complexity index is 392. The molecule has 106 valence electrons. The summed E-state index contributed by atoms with van der Waals surface area (Å²) in [4.78, 5) is 0. The van der Waals surface area contributed by atoms with Crippen molar-refractivity contribution in [2.24, 2.45) is 5.41 Å². The summed E-state index contributed by atoms with van der Waals surface area (Å²) in [5.74, 6) is 0. The molecule has 0 amide bonds. The fourth-order valence-electron chi connectivity index (χ4n) is 2.26. The summed E-state index contributed by atoms with van der Waals surface area (Å²) in [6.45, 7) is 4.49. The summed E-state index contributed by atoms with van der Waals surface area (Å²) in [5.41, 5.74) is -0.620. The molecule has 0 aliphatic heterocycles. The van der Waals surface area contributed by atoms with Crippen LogP contribution in [0.3, 0.4) is 0 Å². The number of aliphatic hydroxyl groups is 1. The molecule has 2 aliphatic rings. The summed E-state index contributed by atoms with van der Waals surface area (Å²) in [6.07, 6.45) is 5.01. The van der Waals surface area contributed by atoms with E-state index in [0.717, 1.165) is 25.7 Å². The molecule has 0 spiro atoms. The monoisotopic (exact) mass is 276 g/mol. The van der Waals surface area contributed by atoms with E-state index in [0.29, 0.717) is 12.8 Å². The zero-order chi connectivity index (χ0) is 13.4. The van der Waals surface area contributed by atoms with Crippen LogP contribution in [0, 0.1) is 5.41 Å². The molecule has 0 heterocycles. The quantitative estimate of drug-likeness (QED) is 0.698. The highest BCUT2D eigenvalue weighted by atomic mass is 32.2. The van der Waals surface area contributed by atoms with Crippen molar-refractivity contribution >= 4 is 10.2 Å². The van der Waals surface area contributed by atoms with Crippen LogP contribution in [0.25, 0.3) is 0 Å². The van der Waals surface area contributed by atoms with E-state index >= 15 is 0 Å². The number of hydrogen-bond acceptors (Lipinski definition) is 3. The number of hydrogen-bond donors (Lipinski definition) is 3. The predicted molar refractivity (Wildman–Crippen MR) is 70.3 cm³/mol. The van der Waals surface area contributed by atoms with Gasteiger partial charge in [-0.25, -0.2) is 0 Å². The molecule has 0 radical (unpaired) electrons. The van der Waals surface area contributed by atoms with Crippen molar-refractivity contribution in [1.29, 1.82) is 0 Å². The second-order valence-corrected chi connectivity index (χ2v) is 8.14. The minimum Gasteiger partial charge on any atom is -0.389 e. The van der Waals surface area contributed by atoms with Crippen molar-refractivity contribution in [2.75, 3.05) is 6.54 Å². The Balaban J connectivity index is 1.82. The van der Waals surface area contributed by atoms with Gasteiger partial charge in [0.05, 0.1) is 5.60 Å².